The topological polar surface area (TPSA) is 57.6 Å². The average molecular weight is 323 g/mol. The van der Waals surface area contributed by atoms with Gasteiger partial charge in [-0.3, -0.25) is 9.59 Å². The zero-order valence-corrected chi connectivity index (χ0v) is 13.5. The number of carboxylic acids is 1. The van der Waals surface area contributed by atoms with Gasteiger partial charge in [-0.2, -0.15) is 0 Å². The number of hydrogen-bond donors (Lipinski definition) is 1. The molecular formula is C20H21NO3. The van der Waals surface area contributed by atoms with Gasteiger partial charge in [0.2, 0.25) is 5.91 Å². The monoisotopic (exact) mass is 323 g/mol. The minimum absolute atomic E-state index is 0.0734. The predicted octanol–water partition coefficient (Wildman–Crippen LogP) is 3.37. The fourth-order valence-corrected chi connectivity index (χ4v) is 3.15. The molecule has 2 unspecified atom stereocenters. The molecule has 0 aromatic heterocycles. The number of rotatable bonds is 6. The zero-order valence-electron chi connectivity index (χ0n) is 13.5. The van der Waals surface area contributed by atoms with Crippen LogP contribution in [0.2, 0.25) is 0 Å². The Hall–Kier alpha value is -2.62. The first-order chi connectivity index (χ1) is 11.7. The van der Waals surface area contributed by atoms with Crippen LogP contribution in [-0.4, -0.2) is 23.5 Å². The van der Waals surface area contributed by atoms with Crippen LogP contribution in [0, 0.1) is 11.8 Å². The van der Waals surface area contributed by atoms with E-state index in [9.17, 15) is 14.7 Å². The largest absolute Gasteiger partial charge is 0.481 e. The van der Waals surface area contributed by atoms with Gasteiger partial charge in [-0.25, -0.2) is 0 Å². The number of hydrogen-bond acceptors (Lipinski definition) is 2. The maximum absolute atomic E-state index is 12.9. The van der Waals surface area contributed by atoms with Crippen molar-refractivity contribution in [2.45, 2.75) is 19.3 Å². The lowest BCUT2D eigenvalue weighted by atomic mass is 9.73. The summed E-state index contributed by atoms with van der Waals surface area (Å²) in [6.07, 6.45) is 1.99. The summed E-state index contributed by atoms with van der Waals surface area (Å²) in [5.41, 5.74) is 1.99. The molecule has 1 aliphatic carbocycles. The number of carbonyl (C=O) groups excluding carboxylic acids is 1. The Kier molecular flexibility index (Phi) is 4.94. The van der Waals surface area contributed by atoms with E-state index >= 15 is 0 Å². The molecule has 1 N–H and O–H groups in total. The lowest BCUT2D eigenvalue weighted by Crippen LogP contribution is -2.47. The number of carbonyl (C=O) groups is 2. The second-order valence-electron chi connectivity index (χ2n) is 6.19. The molecule has 124 valence electrons. The molecule has 0 bridgehead atoms. The highest BCUT2D eigenvalue weighted by atomic mass is 16.4. The van der Waals surface area contributed by atoms with E-state index in [4.69, 9.17) is 0 Å². The van der Waals surface area contributed by atoms with Gasteiger partial charge >= 0.3 is 5.97 Å². The summed E-state index contributed by atoms with van der Waals surface area (Å²) in [5, 5.41) is 9.24. The van der Waals surface area contributed by atoms with E-state index in [2.05, 4.69) is 0 Å². The van der Waals surface area contributed by atoms with Crippen LogP contribution in [-0.2, 0) is 16.0 Å². The highest BCUT2D eigenvalue weighted by molar-refractivity contribution is 5.98. The van der Waals surface area contributed by atoms with E-state index in [1.807, 2.05) is 60.7 Å². The van der Waals surface area contributed by atoms with E-state index in [0.717, 1.165) is 17.7 Å². The van der Waals surface area contributed by atoms with Crippen molar-refractivity contribution < 1.29 is 14.7 Å². The summed E-state index contributed by atoms with van der Waals surface area (Å²) in [5.74, 6) is -1.88. The molecular weight excluding hydrogens is 302 g/mol. The van der Waals surface area contributed by atoms with Crippen LogP contribution >= 0.6 is 0 Å². The normalized spacial score (nSPS) is 19.3. The van der Waals surface area contributed by atoms with Crippen LogP contribution < -0.4 is 4.90 Å². The number of carboxylic acid groups (broad SMARTS) is 1. The van der Waals surface area contributed by atoms with E-state index in [1.54, 1.807) is 4.90 Å². The van der Waals surface area contributed by atoms with Gasteiger partial charge in [-0.1, -0.05) is 48.5 Å². The van der Waals surface area contributed by atoms with Gasteiger partial charge in [0.25, 0.3) is 0 Å². The van der Waals surface area contributed by atoms with Gasteiger partial charge in [0.05, 0.1) is 11.8 Å². The van der Waals surface area contributed by atoms with Crippen molar-refractivity contribution in [2.75, 3.05) is 11.4 Å². The van der Waals surface area contributed by atoms with Crippen molar-refractivity contribution in [3.63, 3.8) is 0 Å². The van der Waals surface area contributed by atoms with Crippen molar-refractivity contribution in [1.29, 1.82) is 0 Å². The Balaban J connectivity index is 1.77. The number of nitrogens with zero attached hydrogens (tertiary/aromatic N) is 1. The molecule has 4 heteroatoms. The molecule has 1 amide bonds. The Bertz CT molecular complexity index is 699. The first-order valence-electron chi connectivity index (χ1n) is 8.30. The van der Waals surface area contributed by atoms with E-state index in [-0.39, 0.29) is 5.91 Å². The van der Waals surface area contributed by atoms with Crippen LogP contribution in [0.15, 0.2) is 60.7 Å². The summed E-state index contributed by atoms with van der Waals surface area (Å²) in [6.45, 7) is 0.551. The van der Waals surface area contributed by atoms with E-state index < -0.39 is 17.8 Å². The summed E-state index contributed by atoms with van der Waals surface area (Å²) >= 11 is 0. The number of amides is 1. The van der Waals surface area contributed by atoms with Crippen molar-refractivity contribution >= 4 is 17.6 Å². The van der Waals surface area contributed by atoms with E-state index in [1.165, 1.54) is 0 Å². The summed E-state index contributed by atoms with van der Waals surface area (Å²) in [7, 11) is 0. The lowest BCUT2D eigenvalue weighted by Gasteiger charge is -2.36. The minimum atomic E-state index is -0.865. The number of anilines is 1. The van der Waals surface area contributed by atoms with Crippen LogP contribution in [0.25, 0.3) is 0 Å². The number of benzene rings is 2. The Labute approximate surface area is 141 Å². The molecule has 3 rings (SSSR count). The Morgan fingerprint density at radius 2 is 1.50 bits per heavy atom. The molecule has 0 heterocycles. The van der Waals surface area contributed by atoms with Crippen molar-refractivity contribution in [2.24, 2.45) is 11.8 Å². The molecule has 2 aromatic carbocycles. The summed E-state index contributed by atoms with van der Waals surface area (Å²) in [6, 6.07) is 19.5. The fraction of sp³-hybridized carbons (Fsp3) is 0.300. The van der Waals surface area contributed by atoms with Crippen LogP contribution in [0.1, 0.15) is 18.4 Å². The van der Waals surface area contributed by atoms with Gasteiger partial charge in [0.1, 0.15) is 0 Å². The molecule has 0 spiro atoms. The SMILES string of the molecule is O=C(O)C1CCC1C(=O)N(CCc1ccccc1)c1ccccc1. The third-order valence-electron chi connectivity index (χ3n) is 4.71. The summed E-state index contributed by atoms with van der Waals surface area (Å²) in [4.78, 5) is 25.9. The smallest absolute Gasteiger partial charge is 0.307 e. The Morgan fingerprint density at radius 3 is 2.04 bits per heavy atom. The minimum Gasteiger partial charge on any atom is -0.481 e. The van der Waals surface area contributed by atoms with Crippen molar-refractivity contribution in [1.82, 2.24) is 0 Å². The highest BCUT2D eigenvalue weighted by Crippen LogP contribution is 2.36. The van der Waals surface area contributed by atoms with Gasteiger partial charge in [0.15, 0.2) is 0 Å². The first kappa shape index (κ1) is 16.2. The lowest BCUT2D eigenvalue weighted by molar-refractivity contribution is -0.152. The Morgan fingerprint density at radius 1 is 0.917 bits per heavy atom. The van der Waals surface area contributed by atoms with Gasteiger partial charge in [-0.05, 0) is 37.0 Å². The molecule has 2 atom stereocenters. The quantitative estimate of drug-likeness (QED) is 0.886. The molecule has 2 aromatic rings. The molecule has 1 saturated carbocycles. The third kappa shape index (κ3) is 3.48. The third-order valence-corrected chi connectivity index (χ3v) is 4.71. The molecule has 0 aliphatic heterocycles. The maximum Gasteiger partial charge on any atom is 0.307 e. The first-order valence-corrected chi connectivity index (χ1v) is 8.30. The van der Waals surface area contributed by atoms with Crippen molar-refractivity contribution in [3.05, 3.63) is 66.2 Å². The number of aliphatic carboxylic acids is 1. The fourth-order valence-electron chi connectivity index (χ4n) is 3.15. The second kappa shape index (κ2) is 7.30. The van der Waals surface area contributed by atoms with Crippen molar-refractivity contribution in [3.8, 4) is 0 Å². The van der Waals surface area contributed by atoms with E-state index in [0.29, 0.717) is 19.4 Å². The highest BCUT2D eigenvalue weighted by Gasteiger charge is 2.43. The molecule has 1 fully saturated rings. The molecule has 1 aliphatic rings. The van der Waals surface area contributed by atoms with Crippen LogP contribution in [0.4, 0.5) is 5.69 Å². The standard InChI is InChI=1S/C20H21NO3/c22-19(17-11-12-18(17)20(23)24)21(16-9-5-2-6-10-16)14-13-15-7-3-1-4-8-15/h1-10,17-18H,11-14H2,(H,23,24). The van der Waals surface area contributed by atoms with Crippen LogP contribution in [0.3, 0.4) is 0 Å². The predicted molar refractivity (Wildman–Crippen MR) is 92.8 cm³/mol. The van der Waals surface area contributed by atoms with Gasteiger partial charge < -0.3 is 10.0 Å². The summed E-state index contributed by atoms with van der Waals surface area (Å²) < 4.78 is 0. The maximum atomic E-state index is 12.9. The van der Waals surface area contributed by atoms with Crippen LogP contribution in [0.5, 0.6) is 0 Å². The molecule has 4 nitrogen and oxygen atoms in total. The molecule has 0 radical (unpaired) electrons. The second-order valence-corrected chi connectivity index (χ2v) is 6.19. The molecule has 0 saturated heterocycles. The van der Waals surface area contributed by atoms with Gasteiger partial charge in [-0.15, -0.1) is 0 Å². The average Bonchev–Trinajstić information content (AvgIpc) is 2.55. The number of para-hydroxylation sites is 1. The zero-order chi connectivity index (χ0) is 16.9. The molecule has 24 heavy (non-hydrogen) atoms. The van der Waals surface area contributed by atoms with Gasteiger partial charge in [0, 0.05) is 12.2 Å².